The molecule has 1 aromatic carbocycles. The van der Waals surface area contributed by atoms with Crippen LogP contribution < -0.4 is 5.32 Å². The Balaban J connectivity index is 1.77. The van der Waals surface area contributed by atoms with Gasteiger partial charge in [0.15, 0.2) is 9.84 Å². The minimum absolute atomic E-state index is 0.00683. The van der Waals surface area contributed by atoms with Gasteiger partial charge >= 0.3 is 0 Å². The van der Waals surface area contributed by atoms with Crippen molar-refractivity contribution >= 4 is 33.1 Å². The Kier molecular flexibility index (Phi) is 4.55. The summed E-state index contributed by atoms with van der Waals surface area (Å²) < 4.78 is 49.7. The van der Waals surface area contributed by atoms with E-state index >= 15 is 0 Å². The third kappa shape index (κ3) is 3.84. The van der Waals surface area contributed by atoms with Gasteiger partial charge in [0.05, 0.1) is 23.2 Å². The maximum Gasteiger partial charge on any atom is 0.271 e. The van der Waals surface area contributed by atoms with Gasteiger partial charge in [0.25, 0.3) is 5.91 Å². The van der Waals surface area contributed by atoms with Gasteiger partial charge in [-0.3, -0.25) is 9.59 Å². The molecule has 10 heteroatoms. The molecular weight excluding hydrogens is 356 g/mol. The normalized spacial score (nSPS) is 22.6. The second-order valence-electron chi connectivity index (χ2n) is 5.92. The first kappa shape index (κ1) is 17.5. The molecule has 1 N–H and O–H groups in total. The summed E-state index contributed by atoms with van der Waals surface area (Å²) in [6, 6.07) is 2.12. The molecular formula is C15H15F2N3O4S. The number of halogens is 2. The van der Waals surface area contributed by atoms with Crippen molar-refractivity contribution < 1.29 is 26.8 Å². The molecule has 1 aromatic rings. The quantitative estimate of drug-likeness (QED) is 0.860. The predicted molar refractivity (Wildman–Crippen MR) is 85.6 cm³/mol. The zero-order chi connectivity index (χ0) is 18.2. The summed E-state index contributed by atoms with van der Waals surface area (Å²) in [4.78, 5) is 24.2. The first-order valence-electron chi connectivity index (χ1n) is 7.61. The number of rotatable bonds is 3. The van der Waals surface area contributed by atoms with Gasteiger partial charge < -0.3 is 5.32 Å². The van der Waals surface area contributed by atoms with E-state index in [0.717, 1.165) is 17.1 Å². The van der Waals surface area contributed by atoms with E-state index in [4.69, 9.17) is 0 Å². The predicted octanol–water partition coefficient (Wildman–Crippen LogP) is 1.07. The van der Waals surface area contributed by atoms with Crippen molar-refractivity contribution in [3.63, 3.8) is 0 Å². The Morgan fingerprint density at radius 1 is 1.28 bits per heavy atom. The summed E-state index contributed by atoms with van der Waals surface area (Å²) >= 11 is 0. The smallest absolute Gasteiger partial charge is 0.271 e. The molecule has 2 aliphatic rings. The van der Waals surface area contributed by atoms with Crippen molar-refractivity contribution in [3.8, 4) is 0 Å². The summed E-state index contributed by atoms with van der Waals surface area (Å²) in [5, 5.41) is 7.31. The summed E-state index contributed by atoms with van der Waals surface area (Å²) in [6.45, 7) is 0. The standard InChI is InChI=1S/C15H15F2N3O4S/c16-9-1-2-12(11(17)7-9)18-15(22)13-3-4-14(21)20(19-13)10-5-6-25(23,24)8-10/h1-2,7,10H,3-6,8H2,(H,18,22)/t10-/m1/s1. The Labute approximate surface area is 142 Å². The van der Waals surface area contributed by atoms with Gasteiger partial charge in [-0.15, -0.1) is 0 Å². The lowest BCUT2D eigenvalue weighted by Gasteiger charge is -2.27. The number of carbonyl (C=O) groups is 2. The van der Waals surface area contributed by atoms with E-state index in [1.807, 2.05) is 0 Å². The number of hydrogen-bond donors (Lipinski definition) is 1. The SMILES string of the molecule is O=C(Nc1ccc(F)cc1F)C1=NN([C@@H]2CCS(=O)(=O)C2)C(=O)CC1. The largest absolute Gasteiger partial charge is 0.318 e. The minimum atomic E-state index is -3.21. The maximum atomic E-state index is 13.6. The highest BCUT2D eigenvalue weighted by molar-refractivity contribution is 7.91. The van der Waals surface area contributed by atoms with Crippen LogP contribution in [0, 0.1) is 11.6 Å². The lowest BCUT2D eigenvalue weighted by atomic mass is 10.1. The summed E-state index contributed by atoms with van der Waals surface area (Å²) in [5.74, 6) is -3.00. The maximum absolute atomic E-state index is 13.6. The third-order valence-corrected chi connectivity index (χ3v) is 5.81. The lowest BCUT2D eigenvalue weighted by Crippen LogP contribution is -2.42. The van der Waals surface area contributed by atoms with Crippen molar-refractivity contribution in [1.29, 1.82) is 0 Å². The van der Waals surface area contributed by atoms with Crippen molar-refractivity contribution in [2.24, 2.45) is 5.10 Å². The topological polar surface area (TPSA) is 95.9 Å². The van der Waals surface area contributed by atoms with E-state index in [1.165, 1.54) is 0 Å². The first-order valence-corrected chi connectivity index (χ1v) is 9.44. The van der Waals surface area contributed by atoms with Gasteiger partial charge in [0, 0.05) is 18.9 Å². The zero-order valence-electron chi connectivity index (χ0n) is 13.0. The number of anilines is 1. The highest BCUT2D eigenvalue weighted by Crippen LogP contribution is 2.23. The molecule has 0 spiro atoms. The monoisotopic (exact) mass is 371 g/mol. The number of nitrogens with one attached hydrogen (secondary N) is 1. The van der Waals surface area contributed by atoms with Crippen LogP contribution in [0.3, 0.4) is 0 Å². The zero-order valence-corrected chi connectivity index (χ0v) is 13.9. The molecule has 2 amide bonds. The van der Waals surface area contributed by atoms with Crippen LogP contribution in [0.2, 0.25) is 0 Å². The van der Waals surface area contributed by atoms with E-state index in [2.05, 4.69) is 10.4 Å². The lowest BCUT2D eigenvalue weighted by molar-refractivity contribution is -0.133. The summed E-state index contributed by atoms with van der Waals surface area (Å²) in [7, 11) is -3.21. The number of sulfone groups is 1. The minimum Gasteiger partial charge on any atom is -0.318 e. The first-order chi connectivity index (χ1) is 11.7. The van der Waals surface area contributed by atoms with Crippen molar-refractivity contribution in [3.05, 3.63) is 29.8 Å². The number of benzene rings is 1. The van der Waals surface area contributed by atoms with Gasteiger partial charge in [-0.05, 0) is 18.6 Å². The number of nitrogens with zero attached hydrogens (tertiary/aromatic N) is 2. The van der Waals surface area contributed by atoms with Crippen molar-refractivity contribution in [2.45, 2.75) is 25.3 Å². The van der Waals surface area contributed by atoms with E-state index in [9.17, 15) is 26.8 Å². The van der Waals surface area contributed by atoms with Crippen LogP contribution in [0.1, 0.15) is 19.3 Å². The molecule has 1 saturated heterocycles. The van der Waals surface area contributed by atoms with E-state index in [1.54, 1.807) is 0 Å². The average molecular weight is 371 g/mol. The van der Waals surface area contributed by atoms with Crippen LogP contribution in [0.4, 0.5) is 14.5 Å². The Hall–Kier alpha value is -2.36. The fourth-order valence-electron chi connectivity index (χ4n) is 2.77. The van der Waals surface area contributed by atoms with Crippen molar-refractivity contribution in [2.75, 3.05) is 16.8 Å². The van der Waals surface area contributed by atoms with Crippen LogP contribution in [0.15, 0.2) is 23.3 Å². The van der Waals surface area contributed by atoms with Gasteiger partial charge in [0.1, 0.15) is 17.3 Å². The molecule has 2 aliphatic heterocycles. The summed E-state index contributed by atoms with van der Waals surface area (Å²) in [5.41, 5.74) is -0.214. The van der Waals surface area contributed by atoms with Crippen molar-refractivity contribution in [1.82, 2.24) is 5.01 Å². The molecule has 1 atom stereocenters. The van der Waals surface area contributed by atoms with Crippen LogP contribution in [0.25, 0.3) is 0 Å². The average Bonchev–Trinajstić information content (AvgIpc) is 2.90. The van der Waals surface area contributed by atoms with E-state index in [-0.39, 0.29) is 48.1 Å². The molecule has 0 unspecified atom stereocenters. The molecule has 0 bridgehead atoms. The molecule has 1 fully saturated rings. The second kappa shape index (κ2) is 6.51. The fourth-order valence-corrected chi connectivity index (χ4v) is 4.47. The highest BCUT2D eigenvalue weighted by Gasteiger charge is 2.37. The molecule has 0 aromatic heterocycles. The molecule has 2 heterocycles. The Bertz CT molecular complexity index is 870. The highest BCUT2D eigenvalue weighted by atomic mass is 32.2. The number of hydrogen-bond acceptors (Lipinski definition) is 5. The molecule has 7 nitrogen and oxygen atoms in total. The van der Waals surface area contributed by atoms with E-state index < -0.39 is 33.4 Å². The molecule has 25 heavy (non-hydrogen) atoms. The van der Waals surface area contributed by atoms with Crippen LogP contribution in [-0.4, -0.2) is 48.5 Å². The molecule has 0 aliphatic carbocycles. The molecule has 0 radical (unpaired) electrons. The second-order valence-corrected chi connectivity index (χ2v) is 8.15. The number of carbonyl (C=O) groups excluding carboxylic acids is 2. The van der Waals surface area contributed by atoms with Crippen LogP contribution in [-0.2, 0) is 19.4 Å². The molecule has 3 rings (SSSR count). The van der Waals surface area contributed by atoms with Crippen LogP contribution >= 0.6 is 0 Å². The third-order valence-electron chi connectivity index (χ3n) is 4.06. The fraction of sp³-hybridized carbons (Fsp3) is 0.400. The molecule has 134 valence electrons. The van der Waals surface area contributed by atoms with Gasteiger partial charge in [-0.1, -0.05) is 0 Å². The Morgan fingerprint density at radius 3 is 2.68 bits per heavy atom. The number of amides is 2. The Morgan fingerprint density at radius 2 is 2.04 bits per heavy atom. The molecule has 0 saturated carbocycles. The van der Waals surface area contributed by atoms with Gasteiger partial charge in [-0.2, -0.15) is 5.10 Å². The summed E-state index contributed by atoms with van der Waals surface area (Å²) in [6.07, 6.45) is 0.331. The van der Waals surface area contributed by atoms with E-state index in [0.29, 0.717) is 6.07 Å². The van der Waals surface area contributed by atoms with Gasteiger partial charge in [0.2, 0.25) is 5.91 Å². The van der Waals surface area contributed by atoms with Crippen LogP contribution in [0.5, 0.6) is 0 Å². The number of hydrazone groups is 1. The van der Waals surface area contributed by atoms with Gasteiger partial charge in [-0.25, -0.2) is 22.2 Å².